The van der Waals surface area contributed by atoms with E-state index < -0.39 is 0 Å². The Hall–Kier alpha value is -0.850. The Morgan fingerprint density at radius 2 is 1.65 bits per heavy atom. The highest BCUT2D eigenvalue weighted by Crippen LogP contribution is 2.24. The second kappa shape index (κ2) is 12.5. The zero-order chi connectivity index (χ0) is 18.6. The van der Waals surface area contributed by atoms with E-state index in [2.05, 4.69) is 19.2 Å². The highest BCUT2D eigenvalue weighted by molar-refractivity contribution is 5.73. The minimum absolute atomic E-state index is 0.0617. The molecule has 2 heterocycles. The third-order valence-electron chi connectivity index (χ3n) is 5.57. The molecule has 2 aliphatic rings. The Bertz CT molecular complexity index is 380. The number of hydroxylamine groups is 4. The first-order chi connectivity index (χ1) is 12.7. The first kappa shape index (κ1) is 21.5. The van der Waals surface area contributed by atoms with E-state index in [4.69, 9.17) is 4.94 Å². The number of nitrogens with one attached hydrogen (secondary N) is 1. The molecule has 2 saturated heterocycles. The van der Waals surface area contributed by atoms with Crippen LogP contribution in [-0.4, -0.2) is 66.9 Å². The highest BCUT2D eigenvalue weighted by Gasteiger charge is 2.28. The molecule has 0 atom stereocenters. The standard InChI is InChI=1S/C20H40N4O2/c1-3-5-7-9-19-10-15-22(16-11-19)20(25)24(14-8-6-4-2)26-23-17-12-21-13-18-23/h19,21H,3-18H2,1-2H3. The largest absolute Gasteiger partial charge is 0.345 e. The highest BCUT2D eigenvalue weighted by atomic mass is 16.8. The van der Waals surface area contributed by atoms with Gasteiger partial charge in [0.1, 0.15) is 0 Å². The van der Waals surface area contributed by atoms with E-state index in [-0.39, 0.29) is 6.03 Å². The smallest absolute Gasteiger partial charge is 0.323 e. The molecule has 0 aromatic heterocycles. The molecule has 1 N–H and O–H groups in total. The van der Waals surface area contributed by atoms with Crippen molar-refractivity contribution in [1.29, 1.82) is 0 Å². The van der Waals surface area contributed by atoms with Crippen molar-refractivity contribution in [3.05, 3.63) is 0 Å². The van der Waals surface area contributed by atoms with Gasteiger partial charge in [0.05, 0.1) is 6.54 Å². The normalized spacial score (nSPS) is 19.7. The van der Waals surface area contributed by atoms with Gasteiger partial charge in [0.2, 0.25) is 0 Å². The van der Waals surface area contributed by atoms with Gasteiger partial charge in [-0.25, -0.2) is 4.79 Å². The van der Waals surface area contributed by atoms with Gasteiger partial charge in [-0.3, -0.25) is 0 Å². The van der Waals surface area contributed by atoms with Crippen molar-refractivity contribution in [2.24, 2.45) is 5.92 Å². The van der Waals surface area contributed by atoms with Crippen molar-refractivity contribution in [1.82, 2.24) is 20.3 Å². The lowest BCUT2D eigenvalue weighted by atomic mass is 9.91. The predicted molar refractivity (Wildman–Crippen MR) is 106 cm³/mol. The molecule has 0 aromatic carbocycles. The Labute approximate surface area is 160 Å². The number of carbonyl (C=O) groups excluding carboxylic acids is 1. The predicted octanol–water partition coefficient (Wildman–Crippen LogP) is 3.64. The summed E-state index contributed by atoms with van der Waals surface area (Å²) in [6.07, 6.45) is 10.9. The van der Waals surface area contributed by atoms with Crippen molar-refractivity contribution in [2.75, 3.05) is 45.8 Å². The van der Waals surface area contributed by atoms with Gasteiger partial charge in [0.15, 0.2) is 0 Å². The lowest BCUT2D eigenvalue weighted by Gasteiger charge is -2.37. The molecule has 2 aliphatic heterocycles. The van der Waals surface area contributed by atoms with Gasteiger partial charge >= 0.3 is 6.03 Å². The van der Waals surface area contributed by atoms with Gasteiger partial charge < -0.3 is 10.2 Å². The molecule has 26 heavy (non-hydrogen) atoms. The average Bonchev–Trinajstić information content (AvgIpc) is 2.68. The second-order valence-corrected chi connectivity index (χ2v) is 7.78. The molecule has 0 spiro atoms. The molecular weight excluding hydrogens is 328 g/mol. The lowest BCUT2D eigenvalue weighted by Crippen LogP contribution is -2.52. The zero-order valence-electron chi connectivity index (χ0n) is 17.0. The molecule has 0 aromatic rings. The zero-order valence-corrected chi connectivity index (χ0v) is 17.0. The van der Waals surface area contributed by atoms with Crippen LogP contribution in [-0.2, 0) is 4.94 Å². The third-order valence-corrected chi connectivity index (χ3v) is 5.57. The summed E-state index contributed by atoms with van der Waals surface area (Å²) >= 11 is 0. The van der Waals surface area contributed by atoms with Gasteiger partial charge in [0.25, 0.3) is 0 Å². The first-order valence-corrected chi connectivity index (χ1v) is 10.9. The van der Waals surface area contributed by atoms with E-state index in [1.807, 2.05) is 9.96 Å². The minimum Gasteiger partial charge on any atom is -0.323 e. The van der Waals surface area contributed by atoms with E-state index in [1.165, 1.54) is 25.7 Å². The number of amides is 2. The summed E-state index contributed by atoms with van der Waals surface area (Å²) < 4.78 is 0. The van der Waals surface area contributed by atoms with Crippen molar-refractivity contribution < 1.29 is 9.73 Å². The van der Waals surface area contributed by atoms with Crippen molar-refractivity contribution in [3.8, 4) is 0 Å². The van der Waals surface area contributed by atoms with Crippen LogP contribution in [0.2, 0.25) is 0 Å². The maximum atomic E-state index is 13.0. The fraction of sp³-hybridized carbons (Fsp3) is 0.950. The van der Waals surface area contributed by atoms with Crippen LogP contribution in [0.25, 0.3) is 0 Å². The summed E-state index contributed by atoms with van der Waals surface area (Å²) in [6, 6.07) is 0.0617. The van der Waals surface area contributed by atoms with Crippen LogP contribution in [0.4, 0.5) is 4.79 Å². The fourth-order valence-electron chi connectivity index (χ4n) is 3.80. The molecule has 2 amide bonds. The average molecular weight is 369 g/mol. The summed E-state index contributed by atoms with van der Waals surface area (Å²) in [7, 11) is 0. The Morgan fingerprint density at radius 3 is 2.31 bits per heavy atom. The topological polar surface area (TPSA) is 48.1 Å². The van der Waals surface area contributed by atoms with Crippen LogP contribution < -0.4 is 5.32 Å². The number of unbranched alkanes of at least 4 members (excludes halogenated alkanes) is 4. The second-order valence-electron chi connectivity index (χ2n) is 7.78. The lowest BCUT2D eigenvalue weighted by molar-refractivity contribution is -0.304. The van der Waals surface area contributed by atoms with Crippen LogP contribution in [0, 0.1) is 5.92 Å². The monoisotopic (exact) mass is 368 g/mol. The SMILES string of the molecule is CCCCCC1CCN(C(=O)N(CCCCC)ON2CCNCC2)CC1. The number of carbonyl (C=O) groups is 1. The number of piperidine rings is 1. The first-order valence-electron chi connectivity index (χ1n) is 10.9. The van der Waals surface area contributed by atoms with E-state index in [1.54, 1.807) is 5.06 Å². The van der Waals surface area contributed by atoms with Crippen molar-refractivity contribution in [3.63, 3.8) is 0 Å². The van der Waals surface area contributed by atoms with Crippen molar-refractivity contribution in [2.45, 2.75) is 71.6 Å². The number of urea groups is 1. The van der Waals surface area contributed by atoms with Gasteiger partial charge in [-0.2, -0.15) is 15.1 Å². The molecule has 0 bridgehead atoms. The number of rotatable bonds is 10. The molecule has 0 radical (unpaired) electrons. The van der Waals surface area contributed by atoms with Gasteiger partial charge in [-0.15, -0.1) is 0 Å². The van der Waals surface area contributed by atoms with Crippen molar-refractivity contribution >= 4 is 6.03 Å². The third kappa shape index (κ3) is 7.41. The number of piperazine rings is 1. The number of hydrogen-bond acceptors (Lipinski definition) is 4. The summed E-state index contributed by atoms with van der Waals surface area (Å²) in [5, 5.41) is 6.87. The Morgan fingerprint density at radius 1 is 1.00 bits per heavy atom. The molecule has 6 heteroatoms. The number of hydrogen-bond donors (Lipinski definition) is 1. The van der Waals surface area contributed by atoms with Crippen LogP contribution in [0.5, 0.6) is 0 Å². The molecule has 6 nitrogen and oxygen atoms in total. The maximum absolute atomic E-state index is 13.0. The van der Waals surface area contributed by atoms with Gasteiger partial charge in [0, 0.05) is 39.3 Å². The minimum atomic E-state index is 0.0617. The summed E-state index contributed by atoms with van der Waals surface area (Å²) in [5.41, 5.74) is 0. The molecular formula is C20H40N4O2. The molecule has 2 fully saturated rings. The Balaban J connectivity index is 1.80. The molecule has 0 aliphatic carbocycles. The van der Waals surface area contributed by atoms with E-state index >= 15 is 0 Å². The van der Waals surface area contributed by atoms with Gasteiger partial charge in [-0.1, -0.05) is 52.4 Å². The fourth-order valence-corrected chi connectivity index (χ4v) is 3.80. The van der Waals surface area contributed by atoms with Crippen LogP contribution in [0.15, 0.2) is 0 Å². The van der Waals surface area contributed by atoms with Crippen LogP contribution in [0.1, 0.15) is 71.6 Å². The number of likely N-dealkylation sites (tertiary alicyclic amines) is 1. The molecule has 0 unspecified atom stereocenters. The summed E-state index contributed by atoms with van der Waals surface area (Å²) in [5.74, 6) is 0.799. The number of nitrogens with zero attached hydrogens (tertiary/aromatic N) is 3. The maximum Gasteiger partial charge on any atom is 0.345 e. The molecule has 0 saturated carbocycles. The van der Waals surface area contributed by atoms with Crippen LogP contribution in [0.3, 0.4) is 0 Å². The van der Waals surface area contributed by atoms with Gasteiger partial charge in [-0.05, 0) is 25.2 Å². The Kier molecular flexibility index (Phi) is 10.3. The van der Waals surface area contributed by atoms with E-state index in [0.29, 0.717) is 6.54 Å². The van der Waals surface area contributed by atoms with E-state index in [0.717, 1.165) is 77.3 Å². The summed E-state index contributed by atoms with van der Waals surface area (Å²) in [6.45, 7) is 10.4. The quantitative estimate of drug-likeness (QED) is 0.472. The molecule has 2 rings (SSSR count). The van der Waals surface area contributed by atoms with Crippen LogP contribution >= 0.6 is 0 Å². The molecule has 152 valence electrons. The van der Waals surface area contributed by atoms with E-state index in [9.17, 15) is 4.79 Å². The summed E-state index contributed by atoms with van der Waals surface area (Å²) in [4.78, 5) is 21.0.